The summed E-state index contributed by atoms with van der Waals surface area (Å²) in [5.74, 6) is 0.104. The van der Waals surface area contributed by atoms with Gasteiger partial charge in [-0.25, -0.2) is 0 Å². The van der Waals surface area contributed by atoms with Gasteiger partial charge in [-0.2, -0.15) is 15.8 Å². The Labute approximate surface area is 221 Å². The molecule has 1 aliphatic rings. The number of hydrogen-bond acceptors (Lipinski definition) is 6. The van der Waals surface area contributed by atoms with Crippen LogP contribution in [0.5, 0.6) is 5.75 Å². The van der Waals surface area contributed by atoms with E-state index >= 15 is 0 Å². The highest BCUT2D eigenvalue weighted by molar-refractivity contribution is 14.1. The predicted octanol–water partition coefficient (Wildman–Crippen LogP) is 6.10. The van der Waals surface area contributed by atoms with Crippen LogP contribution in [0, 0.1) is 37.6 Å². The van der Waals surface area contributed by atoms with Gasteiger partial charge in [0, 0.05) is 10.4 Å². The van der Waals surface area contributed by atoms with Crippen LogP contribution in [-0.2, 0) is 24.2 Å². The fourth-order valence-electron chi connectivity index (χ4n) is 3.89. The van der Waals surface area contributed by atoms with Gasteiger partial charge in [0.15, 0.2) is 0 Å². The number of ether oxygens (including phenoxy) is 1. The van der Waals surface area contributed by atoms with Gasteiger partial charge < -0.3 is 10.1 Å². The van der Waals surface area contributed by atoms with E-state index in [-0.39, 0.29) is 12.2 Å². The van der Waals surface area contributed by atoms with Crippen LogP contribution in [0.25, 0.3) is 6.08 Å². The predicted molar refractivity (Wildman–Crippen MR) is 143 cm³/mol. The molecule has 1 heterocycles. The van der Waals surface area contributed by atoms with E-state index < -0.39 is 5.91 Å². The molecule has 1 N–H and O–H groups in total. The summed E-state index contributed by atoms with van der Waals surface area (Å²) in [6.07, 6.45) is 5.41. The molecule has 35 heavy (non-hydrogen) atoms. The molecule has 0 saturated heterocycles. The average molecular weight is 590 g/mol. The maximum Gasteiger partial charge on any atom is 0.266 e. The van der Waals surface area contributed by atoms with Crippen molar-refractivity contribution in [1.29, 1.82) is 15.8 Å². The van der Waals surface area contributed by atoms with Crippen LogP contribution in [-0.4, -0.2) is 5.91 Å². The quantitative estimate of drug-likeness (QED) is 0.212. The maximum absolute atomic E-state index is 12.8. The van der Waals surface area contributed by atoms with Crippen LogP contribution >= 0.6 is 33.9 Å². The number of halogens is 1. The van der Waals surface area contributed by atoms with Crippen LogP contribution in [0.15, 0.2) is 48.0 Å². The summed E-state index contributed by atoms with van der Waals surface area (Å²) in [7, 11) is 0. The van der Waals surface area contributed by atoms with Crippen molar-refractivity contribution in [3.8, 4) is 24.0 Å². The molecular weight excluding hydrogens is 571 g/mol. The molecule has 1 amide bonds. The zero-order valence-electron chi connectivity index (χ0n) is 18.6. The van der Waals surface area contributed by atoms with Crippen LogP contribution in [0.1, 0.15) is 45.5 Å². The lowest BCUT2D eigenvalue weighted by Crippen LogP contribution is -2.13. The average Bonchev–Trinajstić information content (AvgIpc) is 3.23. The van der Waals surface area contributed by atoms with Crippen molar-refractivity contribution in [2.45, 2.75) is 32.3 Å². The monoisotopic (exact) mass is 590 g/mol. The van der Waals surface area contributed by atoms with E-state index in [1.807, 2.05) is 30.3 Å². The molecule has 172 valence electrons. The molecule has 0 aliphatic heterocycles. The van der Waals surface area contributed by atoms with E-state index in [0.29, 0.717) is 27.4 Å². The molecule has 1 aliphatic carbocycles. The Hall–Kier alpha value is -3.65. The largest absolute Gasteiger partial charge is 0.488 e. The van der Waals surface area contributed by atoms with Crippen LogP contribution in [0.2, 0.25) is 0 Å². The smallest absolute Gasteiger partial charge is 0.266 e. The van der Waals surface area contributed by atoms with Crippen LogP contribution < -0.4 is 10.1 Å². The second-order valence-corrected chi connectivity index (χ2v) is 10.2. The van der Waals surface area contributed by atoms with Crippen molar-refractivity contribution in [2.24, 2.45) is 0 Å². The van der Waals surface area contributed by atoms with Gasteiger partial charge in [0.1, 0.15) is 35.1 Å². The topological polar surface area (TPSA) is 110 Å². The van der Waals surface area contributed by atoms with E-state index in [2.05, 4.69) is 40.0 Å². The molecule has 0 fully saturated rings. The zero-order valence-corrected chi connectivity index (χ0v) is 21.6. The number of rotatable bonds is 6. The van der Waals surface area contributed by atoms with Crippen molar-refractivity contribution in [2.75, 3.05) is 5.32 Å². The summed E-state index contributed by atoms with van der Waals surface area (Å²) in [5.41, 5.74) is 3.54. The molecule has 0 saturated carbocycles. The number of benzene rings is 2. The molecule has 0 bridgehead atoms. The Morgan fingerprint density at radius 1 is 1.11 bits per heavy atom. The minimum absolute atomic E-state index is 0.0484. The second kappa shape index (κ2) is 11.2. The molecule has 8 heteroatoms. The Balaban J connectivity index is 1.49. The highest BCUT2D eigenvalue weighted by atomic mass is 127. The van der Waals surface area contributed by atoms with E-state index in [0.717, 1.165) is 45.3 Å². The molecular formula is C27H19IN4O2S. The van der Waals surface area contributed by atoms with Crippen molar-refractivity contribution < 1.29 is 9.53 Å². The van der Waals surface area contributed by atoms with Crippen LogP contribution in [0.4, 0.5) is 5.00 Å². The summed E-state index contributed by atoms with van der Waals surface area (Å²) in [6.45, 7) is 0.257. The standard InChI is InChI=1S/C27H19IN4O2S/c28-23-12-17(9-10-24(23)34-16-19-6-2-1-5-18(19)13-29)11-20(14-30)26(33)32-27-22(15-31)21-7-3-4-8-25(21)35-27/h1-2,5-6,9-12H,3-4,7-8,16H2,(H,32,33)/b20-11+. The first-order valence-corrected chi connectivity index (χ1v) is 12.8. The van der Waals surface area contributed by atoms with Crippen molar-refractivity contribution in [1.82, 2.24) is 0 Å². The number of hydrogen-bond donors (Lipinski definition) is 1. The van der Waals surface area contributed by atoms with Crippen LogP contribution in [0.3, 0.4) is 0 Å². The maximum atomic E-state index is 12.8. The summed E-state index contributed by atoms with van der Waals surface area (Å²) in [4.78, 5) is 14.0. The normalized spacial score (nSPS) is 12.6. The number of fused-ring (bicyclic) bond motifs is 1. The Morgan fingerprint density at radius 2 is 1.91 bits per heavy atom. The fraction of sp³-hybridized carbons (Fsp3) is 0.185. The van der Waals surface area contributed by atoms with Crippen molar-refractivity contribution >= 4 is 50.9 Å². The van der Waals surface area contributed by atoms with Gasteiger partial charge in [0.05, 0.1) is 20.8 Å². The molecule has 0 unspecified atom stereocenters. The van der Waals surface area contributed by atoms with Gasteiger partial charge in [-0.05, 0) is 83.7 Å². The third kappa shape index (κ3) is 5.54. The van der Waals surface area contributed by atoms with Gasteiger partial charge in [0.25, 0.3) is 5.91 Å². The number of nitrogens with one attached hydrogen (secondary N) is 1. The van der Waals surface area contributed by atoms with Gasteiger partial charge in [-0.1, -0.05) is 24.3 Å². The summed E-state index contributed by atoms with van der Waals surface area (Å²) in [6, 6.07) is 19.0. The second-order valence-electron chi connectivity index (χ2n) is 7.90. The number of nitriles is 3. The van der Waals surface area contributed by atoms with Gasteiger partial charge >= 0.3 is 0 Å². The number of anilines is 1. The van der Waals surface area contributed by atoms with E-state index in [1.54, 1.807) is 18.2 Å². The lowest BCUT2D eigenvalue weighted by molar-refractivity contribution is -0.112. The minimum atomic E-state index is -0.536. The summed E-state index contributed by atoms with van der Waals surface area (Å²) in [5, 5.41) is 31.8. The Bertz CT molecular complexity index is 1450. The first kappa shape index (κ1) is 24.5. The number of amides is 1. The lowest BCUT2D eigenvalue weighted by Gasteiger charge is -2.10. The molecule has 0 radical (unpaired) electrons. The fourth-order valence-corrected chi connectivity index (χ4v) is 5.82. The lowest BCUT2D eigenvalue weighted by atomic mass is 9.96. The molecule has 1 aromatic heterocycles. The first-order chi connectivity index (χ1) is 17.0. The number of thiophene rings is 1. The molecule has 0 spiro atoms. The molecule has 6 nitrogen and oxygen atoms in total. The number of carbonyl (C=O) groups is 1. The third-order valence-corrected chi connectivity index (χ3v) is 7.71. The molecule has 0 atom stereocenters. The number of aryl methyl sites for hydroxylation is 1. The highest BCUT2D eigenvalue weighted by Crippen LogP contribution is 2.37. The SMILES string of the molecule is N#C/C(=C\c1ccc(OCc2ccccc2C#N)c(I)c1)C(=O)Nc1sc2c(c1C#N)CCCC2. The Morgan fingerprint density at radius 3 is 2.66 bits per heavy atom. The zero-order chi connectivity index (χ0) is 24.8. The first-order valence-electron chi connectivity index (χ1n) is 10.9. The van der Waals surface area contributed by atoms with Gasteiger partial charge in [-0.3, -0.25) is 4.79 Å². The molecule has 3 aromatic rings. The third-order valence-electron chi connectivity index (χ3n) is 5.66. The minimum Gasteiger partial charge on any atom is -0.488 e. The van der Waals surface area contributed by atoms with Gasteiger partial charge in [0.2, 0.25) is 0 Å². The number of nitrogens with zero attached hydrogens (tertiary/aromatic N) is 3. The molecule has 2 aromatic carbocycles. The van der Waals surface area contributed by atoms with E-state index in [9.17, 15) is 20.6 Å². The molecule has 4 rings (SSSR count). The van der Waals surface area contributed by atoms with Crippen molar-refractivity contribution in [3.63, 3.8) is 0 Å². The van der Waals surface area contributed by atoms with E-state index in [4.69, 9.17) is 4.74 Å². The number of carbonyl (C=O) groups excluding carboxylic acids is 1. The van der Waals surface area contributed by atoms with E-state index in [1.165, 1.54) is 17.4 Å². The summed E-state index contributed by atoms with van der Waals surface area (Å²) < 4.78 is 6.70. The highest BCUT2D eigenvalue weighted by Gasteiger charge is 2.22. The van der Waals surface area contributed by atoms with Crippen molar-refractivity contribution in [3.05, 3.63) is 84.3 Å². The summed E-state index contributed by atoms with van der Waals surface area (Å²) >= 11 is 3.57. The Kier molecular flexibility index (Phi) is 7.82. The van der Waals surface area contributed by atoms with Gasteiger partial charge in [-0.15, -0.1) is 11.3 Å².